The SMILES string of the molecule is O=C(c1cc(Cl)ccc1-n1cnnn1)N1CCC(C(=O)O)(C(F)(F)F)C1. The molecule has 1 fully saturated rings. The van der Waals surface area contributed by atoms with Gasteiger partial charge in [-0.15, -0.1) is 5.10 Å². The molecule has 1 aromatic carbocycles. The highest BCUT2D eigenvalue weighted by Gasteiger charge is 2.64. The molecule has 1 aliphatic heterocycles. The molecule has 26 heavy (non-hydrogen) atoms. The van der Waals surface area contributed by atoms with Crippen molar-refractivity contribution in [1.29, 1.82) is 0 Å². The number of hydrogen-bond acceptors (Lipinski definition) is 5. The molecule has 0 saturated carbocycles. The molecular formula is C14H11ClF3N5O3. The predicted octanol–water partition coefficient (Wildman–Crippen LogP) is 1.79. The van der Waals surface area contributed by atoms with E-state index in [1.165, 1.54) is 24.5 Å². The smallest absolute Gasteiger partial charge is 0.406 e. The van der Waals surface area contributed by atoms with Crippen molar-refractivity contribution >= 4 is 23.5 Å². The molecule has 0 radical (unpaired) electrons. The second-order valence-electron chi connectivity index (χ2n) is 5.78. The Labute approximate surface area is 149 Å². The van der Waals surface area contributed by atoms with Crippen molar-refractivity contribution in [1.82, 2.24) is 25.1 Å². The number of halogens is 4. The Bertz CT molecular complexity index is 858. The maximum atomic E-state index is 13.3. The van der Waals surface area contributed by atoms with Crippen LogP contribution in [-0.4, -0.2) is 61.4 Å². The molecule has 138 valence electrons. The molecule has 12 heteroatoms. The number of carboxylic acids is 1. The molecule has 3 rings (SSSR count). The maximum absolute atomic E-state index is 13.3. The van der Waals surface area contributed by atoms with E-state index in [1.54, 1.807) is 0 Å². The third-order valence-corrected chi connectivity index (χ3v) is 4.53. The van der Waals surface area contributed by atoms with E-state index in [0.29, 0.717) is 0 Å². The van der Waals surface area contributed by atoms with Gasteiger partial charge in [0, 0.05) is 18.1 Å². The van der Waals surface area contributed by atoms with Crippen LogP contribution < -0.4 is 0 Å². The van der Waals surface area contributed by atoms with Gasteiger partial charge in [-0.05, 0) is 35.0 Å². The number of likely N-dealkylation sites (tertiary alicyclic amines) is 1. The van der Waals surface area contributed by atoms with E-state index in [9.17, 15) is 22.8 Å². The van der Waals surface area contributed by atoms with Gasteiger partial charge < -0.3 is 10.0 Å². The Kier molecular flexibility index (Phi) is 4.34. The Morgan fingerprint density at radius 2 is 2.04 bits per heavy atom. The highest BCUT2D eigenvalue weighted by molar-refractivity contribution is 6.31. The molecule has 1 saturated heterocycles. The van der Waals surface area contributed by atoms with Crippen molar-refractivity contribution < 1.29 is 27.9 Å². The number of carbonyl (C=O) groups is 2. The summed E-state index contributed by atoms with van der Waals surface area (Å²) < 4.78 is 41.1. The van der Waals surface area contributed by atoms with Crippen molar-refractivity contribution in [2.24, 2.45) is 5.41 Å². The third kappa shape index (κ3) is 2.87. The van der Waals surface area contributed by atoms with Crippen LogP contribution in [-0.2, 0) is 4.79 Å². The number of aliphatic carboxylic acids is 1. The molecule has 0 aliphatic carbocycles. The number of amides is 1. The lowest BCUT2D eigenvalue weighted by molar-refractivity contribution is -0.227. The number of benzene rings is 1. The van der Waals surface area contributed by atoms with E-state index in [4.69, 9.17) is 16.7 Å². The zero-order valence-electron chi connectivity index (χ0n) is 12.9. The average Bonchev–Trinajstić information content (AvgIpc) is 3.23. The van der Waals surface area contributed by atoms with Gasteiger partial charge in [0.15, 0.2) is 5.41 Å². The fraction of sp³-hybridized carbons (Fsp3) is 0.357. The van der Waals surface area contributed by atoms with Crippen LogP contribution in [0.3, 0.4) is 0 Å². The Hall–Kier alpha value is -2.69. The fourth-order valence-electron chi connectivity index (χ4n) is 2.83. The van der Waals surface area contributed by atoms with Crippen LogP contribution >= 0.6 is 11.6 Å². The highest BCUT2D eigenvalue weighted by Crippen LogP contribution is 2.46. The number of hydrogen-bond donors (Lipinski definition) is 1. The summed E-state index contributed by atoms with van der Waals surface area (Å²) in [5.74, 6) is -2.79. The molecule has 8 nitrogen and oxygen atoms in total. The van der Waals surface area contributed by atoms with Gasteiger partial charge in [-0.25, -0.2) is 0 Å². The summed E-state index contributed by atoms with van der Waals surface area (Å²) in [5.41, 5.74) is -2.81. The minimum Gasteiger partial charge on any atom is -0.481 e. The zero-order chi connectivity index (χ0) is 19.1. The largest absolute Gasteiger partial charge is 0.481 e. The second kappa shape index (κ2) is 6.24. The first kappa shape index (κ1) is 18.1. The number of alkyl halides is 3. The normalized spacial score (nSPS) is 20.4. The van der Waals surface area contributed by atoms with Gasteiger partial charge in [-0.2, -0.15) is 17.9 Å². The van der Waals surface area contributed by atoms with Crippen molar-refractivity contribution in [3.63, 3.8) is 0 Å². The number of tetrazole rings is 1. The molecule has 1 aromatic heterocycles. The summed E-state index contributed by atoms with van der Waals surface area (Å²) in [5, 5.41) is 19.8. The second-order valence-corrected chi connectivity index (χ2v) is 6.21. The minimum absolute atomic E-state index is 0.0341. The van der Waals surface area contributed by atoms with Gasteiger partial charge in [-0.1, -0.05) is 11.6 Å². The molecule has 2 aromatic rings. The first-order valence-electron chi connectivity index (χ1n) is 7.28. The van der Waals surface area contributed by atoms with Crippen LogP contribution in [0.5, 0.6) is 0 Å². The highest BCUT2D eigenvalue weighted by atomic mass is 35.5. The van der Waals surface area contributed by atoms with Crippen LogP contribution in [0.4, 0.5) is 13.2 Å². The summed E-state index contributed by atoms with van der Waals surface area (Å²) in [6, 6.07) is 4.18. The summed E-state index contributed by atoms with van der Waals surface area (Å²) in [7, 11) is 0. The van der Waals surface area contributed by atoms with E-state index in [0.717, 1.165) is 9.58 Å². The molecule has 0 bridgehead atoms. The Morgan fingerprint density at radius 1 is 1.31 bits per heavy atom. The number of nitrogens with zero attached hydrogens (tertiary/aromatic N) is 5. The standard InChI is InChI=1S/C14H11ClF3N5O3/c15-8-1-2-10(23-7-19-20-21-23)9(5-8)11(24)22-4-3-13(6-22,12(25)26)14(16,17)18/h1-2,5,7H,3-4,6H2,(H,25,26). The minimum atomic E-state index is -4.99. The van der Waals surface area contributed by atoms with Gasteiger partial charge in [0.25, 0.3) is 5.91 Å². The Morgan fingerprint density at radius 3 is 2.58 bits per heavy atom. The van der Waals surface area contributed by atoms with Gasteiger partial charge in [0.05, 0.1) is 11.3 Å². The van der Waals surface area contributed by atoms with Gasteiger partial charge in [0.1, 0.15) is 6.33 Å². The molecular weight excluding hydrogens is 379 g/mol. The number of aromatic nitrogens is 4. The van der Waals surface area contributed by atoms with E-state index in [-0.39, 0.29) is 22.8 Å². The van der Waals surface area contributed by atoms with Gasteiger partial charge >= 0.3 is 12.1 Å². The quantitative estimate of drug-likeness (QED) is 0.859. The van der Waals surface area contributed by atoms with Crippen molar-refractivity contribution in [3.8, 4) is 5.69 Å². The number of carbonyl (C=O) groups excluding carboxylic acids is 1. The summed E-state index contributed by atoms with van der Waals surface area (Å²) in [4.78, 5) is 24.9. The first-order valence-corrected chi connectivity index (χ1v) is 7.66. The molecule has 1 atom stereocenters. The first-order chi connectivity index (χ1) is 12.2. The van der Waals surface area contributed by atoms with Gasteiger partial charge in [0.2, 0.25) is 0 Å². The average molecular weight is 390 g/mol. The lowest BCUT2D eigenvalue weighted by atomic mass is 9.86. The van der Waals surface area contributed by atoms with E-state index in [1.807, 2.05) is 0 Å². The molecule has 1 amide bonds. The van der Waals surface area contributed by atoms with Crippen molar-refractivity contribution in [2.75, 3.05) is 13.1 Å². The Balaban J connectivity index is 1.97. The third-order valence-electron chi connectivity index (χ3n) is 4.29. The van der Waals surface area contributed by atoms with Crippen LogP contribution in [0.2, 0.25) is 5.02 Å². The van der Waals surface area contributed by atoms with E-state index < -0.39 is 36.4 Å². The van der Waals surface area contributed by atoms with Crippen LogP contribution in [0.15, 0.2) is 24.5 Å². The van der Waals surface area contributed by atoms with Crippen LogP contribution in [0.25, 0.3) is 5.69 Å². The lowest BCUT2D eigenvalue weighted by Gasteiger charge is -2.27. The predicted molar refractivity (Wildman–Crippen MR) is 80.8 cm³/mol. The maximum Gasteiger partial charge on any atom is 0.406 e. The number of rotatable bonds is 3. The monoisotopic (exact) mass is 389 g/mol. The fourth-order valence-corrected chi connectivity index (χ4v) is 3.00. The van der Waals surface area contributed by atoms with E-state index in [2.05, 4.69) is 15.5 Å². The van der Waals surface area contributed by atoms with Gasteiger partial charge in [-0.3, -0.25) is 9.59 Å². The number of carboxylic acid groups (broad SMARTS) is 1. The molecule has 1 N–H and O–H groups in total. The lowest BCUT2D eigenvalue weighted by Crippen LogP contribution is -2.47. The van der Waals surface area contributed by atoms with Crippen molar-refractivity contribution in [3.05, 3.63) is 35.1 Å². The van der Waals surface area contributed by atoms with Crippen LogP contribution in [0, 0.1) is 5.41 Å². The zero-order valence-corrected chi connectivity index (χ0v) is 13.7. The molecule has 2 heterocycles. The topological polar surface area (TPSA) is 101 Å². The van der Waals surface area contributed by atoms with Crippen LogP contribution in [0.1, 0.15) is 16.8 Å². The summed E-state index contributed by atoms with van der Waals surface area (Å²) >= 11 is 5.90. The molecule has 1 unspecified atom stereocenters. The van der Waals surface area contributed by atoms with E-state index >= 15 is 0 Å². The molecule has 1 aliphatic rings. The van der Waals surface area contributed by atoms with Crippen molar-refractivity contribution in [2.45, 2.75) is 12.6 Å². The summed E-state index contributed by atoms with van der Waals surface area (Å²) in [6.45, 7) is -1.33. The summed E-state index contributed by atoms with van der Waals surface area (Å²) in [6.07, 6.45) is -4.50. The molecule has 0 spiro atoms.